The summed E-state index contributed by atoms with van der Waals surface area (Å²) in [5, 5.41) is 5.69. The zero-order valence-electron chi connectivity index (χ0n) is 14.5. The third-order valence-electron chi connectivity index (χ3n) is 5.04. The van der Waals surface area contributed by atoms with E-state index in [9.17, 15) is 0 Å². The molecule has 0 unspecified atom stereocenters. The predicted octanol–water partition coefficient (Wildman–Crippen LogP) is 3.47. The molecule has 1 aromatic heterocycles. The van der Waals surface area contributed by atoms with E-state index < -0.39 is 0 Å². The fraction of sp³-hybridized carbons (Fsp3) is 0.500. The second kappa shape index (κ2) is 7.87. The molecule has 2 atom stereocenters. The number of hydrogen-bond donors (Lipinski definition) is 1. The fourth-order valence-corrected chi connectivity index (χ4v) is 4.59. The zero-order valence-corrected chi connectivity index (χ0v) is 15.3. The standard InChI is InChI=1S/C20H26N2O2S/c1-2-5-18(6-3-1)21-12-17-11-20(24-14-17)15-22(8-9-23-16-20)13-19-7-4-10-25-19/h1-7,10,17,21H,8-9,11-16H2/t17-,20+/m1/s1. The highest BCUT2D eigenvalue weighted by Crippen LogP contribution is 2.33. The SMILES string of the molecule is c1ccc(NC[C@@H]2CO[C@@]3(COCCN(Cc4cccs4)C3)C2)cc1. The maximum absolute atomic E-state index is 6.31. The number of ether oxygens (including phenoxy) is 2. The molecule has 25 heavy (non-hydrogen) atoms. The second-order valence-electron chi connectivity index (χ2n) is 7.15. The summed E-state index contributed by atoms with van der Waals surface area (Å²) in [5.74, 6) is 0.533. The summed E-state index contributed by atoms with van der Waals surface area (Å²) in [6.45, 7) is 6.23. The molecule has 0 saturated carbocycles. The van der Waals surface area contributed by atoms with Crippen LogP contribution < -0.4 is 5.32 Å². The van der Waals surface area contributed by atoms with Crippen molar-refractivity contribution in [3.8, 4) is 0 Å². The molecular weight excluding hydrogens is 332 g/mol. The first-order valence-corrected chi connectivity index (χ1v) is 9.95. The van der Waals surface area contributed by atoms with Crippen LogP contribution in [0.2, 0.25) is 0 Å². The number of anilines is 1. The first kappa shape index (κ1) is 17.0. The van der Waals surface area contributed by atoms with E-state index in [4.69, 9.17) is 9.47 Å². The molecule has 1 N–H and O–H groups in total. The minimum absolute atomic E-state index is 0.142. The topological polar surface area (TPSA) is 33.7 Å². The Balaban J connectivity index is 1.34. The molecule has 0 bridgehead atoms. The number of hydrogen-bond acceptors (Lipinski definition) is 5. The van der Waals surface area contributed by atoms with Gasteiger partial charge in [0, 0.05) is 42.7 Å². The highest BCUT2D eigenvalue weighted by molar-refractivity contribution is 7.09. The Morgan fingerprint density at radius 1 is 1.20 bits per heavy atom. The third-order valence-corrected chi connectivity index (χ3v) is 5.90. The molecule has 2 aliphatic heterocycles. The van der Waals surface area contributed by atoms with Gasteiger partial charge in [-0.25, -0.2) is 0 Å². The fourth-order valence-electron chi connectivity index (χ4n) is 3.84. The number of nitrogens with one attached hydrogen (secondary N) is 1. The molecule has 4 nitrogen and oxygen atoms in total. The Bertz CT molecular complexity index is 649. The second-order valence-corrected chi connectivity index (χ2v) is 8.19. The van der Waals surface area contributed by atoms with Gasteiger partial charge in [-0.05, 0) is 30.0 Å². The van der Waals surface area contributed by atoms with Crippen molar-refractivity contribution in [2.24, 2.45) is 5.92 Å². The molecule has 2 aromatic rings. The van der Waals surface area contributed by atoms with Crippen LogP contribution in [-0.2, 0) is 16.0 Å². The average molecular weight is 359 g/mol. The van der Waals surface area contributed by atoms with Crippen LogP contribution in [0.4, 0.5) is 5.69 Å². The van der Waals surface area contributed by atoms with Crippen LogP contribution >= 0.6 is 11.3 Å². The summed E-state index contributed by atoms with van der Waals surface area (Å²) < 4.78 is 12.2. The Hall–Kier alpha value is -1.40. The van der Waals surface area contributed by atoms with E-state index in [1.54, 1.807) is 0 Å². The van der Waals surface area contributed by atoms with Crippen LogP contribution in [0.15, 0.2) is 47.8 Å². The molecule has 1 aromatic carbocycles. The summed E-state index contributed by atoms with van der Waals surface area (Å²) in [4.78, 5) is 3.91. The monoisotopic (exact) mass is 358 g/mol. The van der Waals surface area contributed by atoms with Crippen molar-refractivity contribution in [2.75, 3.05) is 44.8 Å². The van der Waals surface area contributed by atoms with Gasteiger partial charge in [-0.3, -0.25) is 4.90 Å². The van der Waals surface area contributed by atoms with E-state index in [0.29, 0.717) is 5.92 Å². The van der Waals surface area contributed by atoms with E-state index in [0.717, 1.165) is 52.4 Å². The van der Waals surface area contributed by atoms with Crippen molar-refractivity contribution < 1.29 is 9.47 Å². The molecule has 0 aliphatic carbocycles. The largest absolute Gasteiger partial charge is 0.385 e. The van der Waals surface area contributed by atoms with Crippen molar-refractivity contribution >= 4 is 17.0 Å². The maximum Gasteiger partial charge on any atom is 0.104 e. The van der Waals surface area contributed by atoms with E-state index in [2.05, 4.69) is 52.0 Å². The minimum Gasteiger partial charge on any atom is -0.385 e. The molecule has 134 valence electrons. The molecule has 0 amide bonds. The van der Waals surface area contributed by atoms with Gasteiger partial charge in [-0.15, -0.1) is 11.3 Å². The van der Waals surface area contributed by atoms with Gasteiger partial charge < -0.3 is 14.8 Å². The van der Waals surface area contributed by atoms with Gasteiger partial charge in [0.2, 0.25) is 0 Å². The number of rotatable bonds is 5. The maximum atomic E-state index is 6.31. The Morgan fingerprint density at radius 2 is 2.12 bits per heavy atom. The Labute approximate surface area is 153 Å². The van der Waals surface area contributed by atoms with Gasteiger partial charge in [0.25, 0.3) is 0 Å². The van der Waals surface area contributed by atoms with Gasteiger partial charge in [0.15, 0.2) is 0 Å². The van der Waals surface area contributed by atoms with Gasteiger partial charge in [-0.1, -0.05) is 24.3 Å². The van der Waals surface area contributed by atoms with Crippen LogP contribution in [0, 0.1) is 5.92 Å². The lowest BCUT2D eigenvalue weighted by Crippen LogP contribution is -2.43. The number of para-hydroxylation sites is 1. The van der Waals surface area contributed by atoms with Crippen LogP contribution in [0.5, 0.6) is 0 Å². The highest BCUT2D eigenvalue weighted by atomic mass is 32.1. The first-order valence-electron chi connectivity index (χ1n) is 9.07. The van der Waals surface area contributed by atoms with Gasteiger partial charge in [0.05, 0.1) is 19.8 Å². The van der Waals surface area contributed by atoms with Crippen molar-refractivity contribution in [2.45, 2.75) is 18.6 Å². The molecule has 5 heteroatoms. The van der Waals surface area contributed by atoms with Gasteiger partial charge >= 0.3 is 0 Å². The third kappa shape index (κ3) is 4.42. The van der Waals surface area contributed by atoms with E-state index >= 15 is 0 Å². The summed E-state index contributed by atoms with van der Waals surface area (Å²) in [5.41, 5.74) is 1.04. The van der Waals surface area contributed by atoms with E-state index in [-0.39, 0.29) is 5.60 Å². The first-order chi connectivity index (χ1) is 12.3. The molecule has 0 radical (unpaired) electrons. The number of benzene rings is 1. The lowest BCUT2D eigenvalue weighted by Gasteiger charge is -2.31. The summed E-state index contributed by atoms with van der Waals surface area (Å²) in [7, 11) is 0. The quantitative estimate of drug-likeness (QED) is 0.887. The summed E-state index contributed by atoms with van der Waals surface area (Å²) in [6, 6.07) is 14.7. The van der Waals surface area contributed by atoms with Crippen molar-refractivity contribution in [1.29, 1.82) is 0 Å². The normalized spacial score (nSPS) is 27.4. The summed E-state index contributed by atoms with van der Waals surface area (Å²) in [6.07, 6.45) is 1.06. The van der Waals surface area contributed by atoms with E-state index in [1.807, 2.05) is 17.4 Å². The van der Waals surface area contributed by atoms with Crippen LogP contribution in [0.1, 0.15) is 11.3 Å². The van der Waals surface area contributed by atoms with Crippen LogP contribution in [-0.4, -0.2) is 50.0 Å². The highest BCUT2D eigenvalue weighted by Gasteiger charge is 2.43. The lowest BCUT2D eigenvalue weighted by atomic mass is 9.94. The molecule has 2 fully saturated rings. The average Bonchev–Trinajstić information content (AvgIpc) is 3.23. The molecule has 2 saturated heterocycles. The minimum atomic E-state index is -0.142. The van der Waals surface area contributed by atoms with Crippen molar-refractivity contribution in [3.05, 3.63) is 52.7 Å². The predicted molar refractivity (Wildman–Crippen MR) is 102 cm³/mol. The summed E-state index contributed by atoms with van der Waals surface area (Å²) >= 11 is 1.83. The molecule has 2 aliphatic rings. The van der Waals surface area contributed by atoms with Crippen molar-refractivity contribution in [3.63, 3.8) is 0 Å². The smallest absolute Gasteiger partial charge is 0.104 e. The lowest BCUT2D eigenvalue weighted by molar-refractivity contribution is -0.0561. The molecule has 4 rings (SSSR count). The van der Waals surface area contributed by atoms with Crippen molar-refractivity contribution in [1.82, 2.24) is 4.90 Å². The Morgan fingerprint density at radius 3 is 2.96 bits per heavy atom. The van der Waals surface area contributed by atoms with Gasteiger partial charge in [0.1, 0.15) is 5.60 Å². The molecule has 3 heterocycles. The number of thiophene rings is 1. The Kier molecular flexibility index (Phi) is 5.36. The van der Waals surface area contributed by atoms with E-state index in [1.165, 1.54) is 10.6 Å². The van der Waals surface area contributed by atoms with Gasteiger partial charge in [-0.2, -0.15) is 0 Å². The molecular formula is C20H26N2O2S. The zero-order chi connectivity index (χ0) is 17.0. The molecule has 1 spiro atoms. The number of nitrogens with zero attached hydrogens (tertiary/aromatic N) is 1. The van der Waals surface area contributed by atoms with Crippen LogP contribution in [0.3, 0.4) is 0 Å². The van der Waals surface area contributed by atoms with Crippen LogP contribution in [0.25, 0.3) is 0 Å².